The Bertz CT molecular complexity index is 391. The standard InChI is InChI=1S/C12H22N4O2/c1-5-16(9(2)8-18-4)12(17)11(13)10-6-14-15(3)7-10/h6-7,9,11H,5,8,13H2,1-4H3. The summed E-state index contributed by atoms with van der Waals surface area (Å²) in [6.07, 6.45) is 3.38. The monoisotopic (exact) mass is 254 g/mol. The Labute approximate surface area is 108 Å². The number of hydrogen-bond acceptors (Lipinski definition) is 4. The molecule has 18 heavy (non-hydrogen) atoms. The van der Waals surface area contributed by atoms with Crippen LogP contribution in [0.1, 0.15) is 25.5 Å². The number of likely N-dealkylation sites (N-methyl/N-ethyl adjacent to an activating group) is 1. The van der Waals surface area contributed by atoms with Gasteiger partial charge in [-0.05, 0) is 13.8 Å². The van der Waals surface area contributed by atoms with Crippen molar-refractivity contribution < 1.29 is 9.53 Å². The van der Waals surface area contributed by atoms with Crippen molar-refractivity contribution in [1.29, 1.82) is 0 Å². The van der Waals surface area contributed by atoms with Gasteiger partial charge >= 0.3 is 0 Å². The van der Waals surface area contributed by atoms with Crippen LogP contribution in [0.5, 0.6) is 0 Å². The summed E-state index contributed by atoms with van der Waals surface area (Å²) < 4.78 is 6.71. The van der Waals surface area contributed by atoms with E-state index in [0.29, 0.717) is 13.2 Å². The SMILES string of the molecule is CCN(C(=O)C(N)c1cnn(C)c1)C(C)COC. The predicted octanol–water partition coefficient (Wildman–Crippen LogP) is 0.303. The molecule has 0 radical (unpaired) electrons. The maximum atomic E-state index is 12.3. The lowest BCUT2D eigenvalue weighted by molar-refractivity contribution is -0.135. The van der Waals surface area contributed by atoms with Crippen molar-refractivity contribution >= 4 is 5.91 Å². The zero-order valence-corrected chi connectivity index (χ0v) is 11.5. The third-order valence-corrected chi connectivity index (χ3v) is 2.91. The van der Waals surface area contributed by atoms with Crippen molar-refractivity contribution in [2.24, 2.45) is 12.8 Å². The normalized spacial score (nSPS) is 14.3. The first-order valence-corrected chi connectivity index (χ1v) is 6.04. The molecule has 2 unspecified atom stereocenters. The number of hydrogen-bond donors (Lipinski definition) is 1. The molecule has 1 rings (SSSR count). The Balaban J connectivity index is 2.77. The second-order valence-corrected chi connectivity index (χ2v) is 4.35. The highest BCUT2D eigenvalue weighted by atomic mass is 16.5. The van der Waals surface area contributed by atoms with Crippen LogP contribution >= 0.6 is 0 Å². The molecule has 1 aromatic rings. The van der Waals surface area contributed by atoms with Crippen LogP contribution in [-0.4, -0.2) is 46.9 Å². The minimum absolute atomic E-state index is 0.00946. The molecule has 0 bridgehead atoms. The average Bonchev–Trinajstić information content (AvgIpc) is 2.76. The summed E-state index contributed by atoms with van der Waals surface area (Å²) in [5.41, 5.74) is 6.70. The fourth-order valence-electron chi connectivity index (χ4n) is 1.94. The molecule has 0 aromatic carbocycles. The highest BCUT2D eigenvalue weighted by Gasteiger charge is 2.25. The van der Waals surface area contributed by atoms with Gasteiger partial charge in [-0.1, -0.05) is 0 Å². The van der Waals surface area contributed by atoms with Gasteiger partial charge < -0.3 is 15.4 Å². The molecular formula is C12H22N4O2. The molecule has 2 N–H and O–H groups in total. The van der Waals surface area contributed by atoms with Crippen LogP contribution in [0, 0.1) is 0 Å². The van der Waals surface area contributed by atoms with Gasteiger partial charge in [-0.2, -0.15) is 5.10 Å². The van der Waals surface area contributed by atoms with E-state index in [1.54, 1.807) is 36.1 Å². The van der Waals surface area contributed by atoms with Gasteiger partial charge in [0.05, 0.1) is 18.8 Å². The van der Waals surface area contributed by atoms with Crippen LogP contribution in [0.25, 0.3) is 0 Å². The number of ether oxygens (including phenoxy) is 1. The van der Waals surface area contributed by atoms with Crippen molar-refractivity contribution in [3.8, 4) is 0 Å². The second-order valence-electron chi connectivity index (χ2n) is 4.35. The first kappa shape index (κ1) is 14.7. The third kappa shape index (κ3) is 3.30. The lowest BCUT2D eigenvalue weighted by Crippen LogP contribution is -2.45. The van der Waals surface area contributed by atoms with Gasteiger partial charge in [-0.25, -0.2) is 0 Å². The van der Waals surface area contributed by atoms with E-state index in [1.165, 1.54) is 0 Å². The lowest BCUT2D eigenvalue weighted by Gasteiger charge is -2.29. The molecule has 6 heteroatoms. The van der Waals surface area contributed by atoms with Gasteiger partial charge in [0.2, 0.25) is 5.91 Å². The zero-order valence-electron chi connectivity index (χ0n) is 11.5. The average molecular weight is 254 g/mol. The smallest absolute Gasteiger partial charge is 0.244 e. The van der Waals surface area contributed by atoms with Gasteiger partial charge in [0.25, 0.3) is 0 Å². The number of amides is 1. The molecule has 2 atom stereocenters. The first-order valence-electron chi connectivity index (χ1n) is 6.04. The molecular weight excluding hydrogens is 232 g/mol. The lowest BCUT2D eigenvalue weighted by atomic mass is 10.1. The fraction of sp³-hybridized carbons (Fsp3) is 0.667. The number of methoxy groups -OCH3 is 1. The van der Waals surface area contributed by atoms with Gasteiger partial charge in [0.1, 0.15) is 6.04 Å². The third-order valence-electron chi connectivity index (χ3n) is 2.91. The molecule has 0 aliphatic carbocycles. The Morgan fingerprint density at radius 1 is 1.67 bits per heavy atom. The first-order chi connectivity index (χ1) is 8.51. The molecule has 1 aromatic heterocycles. The number of carbonyl (C=O) groups is 1. The van der Waals surface area contributed by atoms with Gasteiger partial charge in [-0.3, -0.25) is 9.48 Å². The molecule has 0 aliphatic heterocycles. The summed E-state index contributed by atoms with van der Waals surface area (Å²) in [6, 6.07) is -0.659. The Morgan fingerprint density at radius 3 is 2.78 bits per heavy atom. The van der Waals surface area contributed by atoms with Crippen LogP contribution in [0.3, 0.4) is 0 Å². The number of nitrogens with two attached hydrogens (primary N) is 1. The van der Waals surface area contributed by atoms with E-state index in [4.69, 9.17) is 10.5 Å². The van der Waals surface area contributed by atoms with Crippen molar-refractivity contribution in [2.45, 2.75) is 25.9 Å². The highest BCUT2D eigenvalue weighted by molar-refractivity contribution is 5.83. The summed E-state index contributed by atoms with van der Waals surface area (Å²) >= 11 is 0. The minimum Gasteiger partial charge on any atom is -0.383 e. The molecule has 0 saturated carbocycles. The molecule has 0 fully saturated rings. The summed E-state index contributed by atoms with van der Waals surface area (Å²) in [7, 11) is 3.42. The summed E-state index contributed by atoms with van der Waals surface area (Å²) in [5.74, 6) is -0.102. The van der Waals surface area contributed by atoms with Gasteiger partial charge in [0.15, 0.2) is 0 Å². The quantitative estimate of drug-likeness (QED) is 0.792. The molecule has 1 amide bonds. The predicted molar refractivity (Wildman–Crippen MR) is 68.9 cm³/mol. The van der Waals surface area contributed by atoms with Crippen molar-refractivity contribution in [3.63, 3.8) is 0 Å². The Morgan fingerprint density at radius 2 is 2.33 bits per heavy atom. The molecule has 0 saturated heterocycles. The number of aromatic nitrogens is 2. The van der Waals surface area contributed by atoms with Crippen LogP contribution in [-0.2, 0) is 16.6 Å². The Hall–Kier alpha value is -1.40. The van der Waals surface area contributed by atoms with Crippen LogP contribution in [0.2, 0.25) is 0 Å². The van der Waals surface area contributed by atoms with E-state index in [-0.39, 0.29) is 11.9 Å². The highest BCUT2D eigenvalue weighted by Crippen LogP contribution is 2.14. The minimum atomic E-state index is -0.669. The second kappa shape index (κ2) is 6.51. The summed E-state index contributed by atoms with van der Waals surface area (Å²) in [5, 5.41) is 4.03. The van der Waals surface area contributed by atoms with Crippen LogP contribution < -0.4 is 5.73 Å². The summed E-state index contributed by atoms with van der Waals surface area (Å²) in [4.78, 5) is 14.0. The van der Waals surface area contributed by atoms with E-state index in [9.17, 15) is 4.79 Å². The fourth-order valence-corrected chi connectivity index (χ4v) is 1.94. The largest absolute Gasteiger partial charge is 0.383 e. The topological polar surface area (TPSA) is 73.4 Å². The van der Waals surface area contributed by atoms with Gasteiger partial charge in [0, 0.05) is 32.5 Å². The Kier molecular flexibility index (Phi) is 5.30. The maximum absolute atomic E-state index is 12.3. The molecule has 102 valence electrons. The van der Waals surface area contributed by atoms with Gasteiger partial charge in [-0.15, -0.1) is 0 Å². The van der Waals surface area contributed by atoms with E-state index in [2.05, 4.69) is 5.10 Å². The van der Waals surface area contributed by atoms with E-state index < -0.39 is 6.04 Å². The van der Waals surface area contributed by atoms with Crippen LogP contribution in [0.15, 0.2) is 12.4 Å². The number of carbonyl (C=O) groups excluding carboxylic acids is 1. The number of nitrogens with zero attached hydrogens (tertiary/aromatic N) is 3. The van der Waals surface area contributed by atoms with E-state index in [1.807, 2.05) is 13.8 Å². The number of rotatable bonds is 6. The molecule has 0 spiro atoms. The summed E-state index contributed by atoms with van der Waals surface area (Å²) in [6.45, 7) is 4.98. The van der Waals surface area contributed by atoms with Crippen molar-refractivity contribution in [3.05, 3.63) is 18.0 Å². The van der Waals surface area contributed by atoms with Crippen molar-refractivity contribution in [1.82, 2.24) is 14.7 Å². The zero-order chi connectivity index (χ0) is 13.7. The van der Waals surface area contributed by atoms with E-state index >= 15 is 0 Å². The molecule has 0 aliphatic rings. The number of aryl methyl sites for hydroxylation is 1. The van der Waals surface area contributed by atoms with Crippen molar-refractivity contribution in [2.75, 3.05) is 20.3 Å². The van der Waals surface area contributed by atoms with Crippen LogP contribution in [0.4, 0.5) is 0 Å². The van der Waals surface area contributed by atoms with E-state index in [0.717, 1.165) is 5.56 Å². The maximum Gasteiger partial charge on any atom is 0.244 e. The molecule has 6 nitrogen and oxygen atoms in total. The molecule has 1 heterocycles.